The molecule has 0 spiro atoms. The van der Waals surface area contributed by atoms with Crippen LogP contribution in [-0.4, -0.2) is 17.6 Å². The molecule has 0 aliphatic carbocycles. The highest BCUT2D eigenvalue weighted by molar-refractivity contribution is 6.11. The van der Waals surface area contributed by atoms with Crippen LogP contribution in [0.25, 0.3) is 10.8 Å². The van der Waals surface area contributed by atoms with Crippen LogP contribution in [0, 0.1) is 11.3 Å². The number of nitrogens with zero attached hydrogens (tertiary/aromatic N) is 1. The first-order valence-electron chi connectivity index (χ1n) is 9.58. The van der Waals surface area contributed by atoms with E-state index in [1.807, 2.05) is 30.3 Å². The van der Waals surface area contributed by atoms with Crippen molar-refractivity contribution in [2.24, 2.45) is 0 Å². The molecule has 0 bridgehead atoms. The minimum absolute atomic E-state index is 0.00483. The summed E-state index contributed by atoms with van der Waals surface area (Å²) >= 11 is 0. The molecule has 29 heavy (non-hydrogen) atoms. The molecule has 3 aromatic rings. The van der Waals surface area contributed by atoms with Gasteiger partial charge in [-0.25, -0.2) is 0 Å². The average molecular weight is 385 g/mol. The van der Waals surface area contributed by atoms with Crippen LogP contribution in [-0.2, 0) is 11.2 Å². The van der Waals surface area contributed by atoms with Gasteiger partial charge in [-0.05, 0) is 37.0 Å². The van der Waals surface area contributed by atoms with E-state index >= 15 is 0 Å². The Morgan fingerprint density at radius 2 is 1.72 bits per heavy atom. The predicted molar refractivity (Wildman–Crippen MR) is 115 cm³/mol. The lowest BCUT2D eigenvalue weighted by atomic mass is 10.1. The van der Waals surface area contributed by atoms with Crippen LogP contribution in [0.4, 0.5) is 5.69 Å². The van der Waals surface area contributed by atoms with Gasteiger partial charge in [0.2, 0.25) is 0 Å². The standard InChI is InChI=1S/C24H23N3O2/c25-16-19(17-26-15-5-4-10-18-8-2-1-3-9-18)24(29)27-22-13-6-12-21-20(22)11-7-14-23(21)28/h1-3,6-9,11-14,17,26,28H,4-5,10,15H2,(H,27,29)/b19-17-. The number of aryl methyl sites for hydroxylation is 1. The number of amides is 1. The van der Waals surface area contributed by atoms with Crippen LogP contribution in [0.15, 0.2) is 78.5 Å². The number of anilines is 1. The molecule has 0 radical (unpaired) electrons. The minimum atomic E-state index is -0.486. The third-order valence-corrected chi connectivity index (χ3v) is 4.64. The molecule has 3 aromatic carbocycles. The number of benzene rings is 3. The summed E-state index contributed by atoms with van der Waals surface area (Å²) in [5.74, 6) is -0.341. The summed E-state index contributed by atoms with van der Waals surface area (Å²) in [6.07, 6.45) is 4.43. The lowest BCUT2D eigenvalue weighted by Crippen LogP contribution is -2.17. The number of nitrogens with one attached hydrogen (secondary N) is 2. The van der Waals surface area contributed by atoms with Gasteiger partial charge in [-0.3, -0.25) is 4.79 Å². The third kappa shape index (κ3) is 5.36. The second-order valence-electron chi connectivity index (χ2n) is 6.70. The molecule has 146 valence electrons. The normalized spacial score (nSPS) is 11.1. The summed E-state index contributed by atoms with van der Waals surface area (Å²) in [4.78, 5) is 12.5. The number of carbonyl (C=O) groups excluding carboxylic acids is 1. The first-order chi connectivity index (χ1) is 14.2. The summed E-state index contributed by atoms with van der Waals surface area (Å²) in [5, 5.41) is 26.4. The lowest BCUT2D eigenvalue weighted by molar-refractivity contribution is -0.112. The van der Waals surface area contributed by atoms with E-state index in [2.05, 4.69) is 22.8 Å². The Morgan fingerprint density at radius 1 is 0.966 bits per heavy atom. The summed E-state index contributed by atoms with van der Waals surface area (Å²) in [7, 11) is 0. The largest absolute Gasteiger partial charge is 0.507 e. The molecule has 1 amide bonds. The van der Waals surface area contributed by atoms with Gasteiger partial charge in [0.1, 0.15) is 17.4 Å². The van der Waals surface area contributed by atoms with E-state index in [0.717, 1.165) is 19.3 Å². The zero-order valence-corrected chi connectivity index (χ0v) is 16.1. The van der Waals surface area contributed by atoms with Gasteiger partial charge in [-0.2, -0.15) is 5.26 Å². The monoisotopic (exact) mass is 385 g/mol. The number of hydrogen-bond acceptors (Lipinski definition) is 4. The van der Waals surface area contributed by atoms with Crippen LogP contribution < -0.4 is 10.6 Å². The van der Waals surface area contributed by atoms with Crippen molar-refractivity contribution in [3.63, 3.8) is 0 Å². The fraction of sp³-hybridized carbons (Fsp3) is 0.167. The number of fused-ring (bicyclic) bond motifs is 1. The number of nitriles is 1. The number of unbranched alkanes of at least 4 members (excludes halogenated alkanes) is 1. The Labute approximate surface area is 170 Å². The van der Waals surface area contributed by atoms with Gasteiger partial charge in [0, 0.05) is 29.2 Å². The molecular weight excluding hydrogens is 362 g/mol. The molecule has 0 saturated heterocycles. The van der Waals surface area contributed by atoms with E-state index in [9.17, 15) is 15.2 Å². The van der Waals surface area contributed by atoms with Gasteiger partial charge < -0.3 is 15.7 Å². The zero-order valence-electron chi connectivity index (χ0n) is 16.1. The second kappa shape index (κ2) is 9.95. The number of phenols is 1. The van der Waals surface area contributed by atoms with Crippen molar-refractivity contribution < 1.29 is 9.90 Å². The Hall–Kier alpha value is -3.78. The van der Waals surface area contributed by atoms with E-state index < -0.39 is 5.91 Å². The number of rotatable bonds is 8. The molecule has 0 aromatic heterocycles. The van der Waals surface area contributed by atoms with Crippen molar-refractivity contribution >= 4 is 22.4 Å². The number of aromatic hydroxyl groups is 1. The Kier molecular flexibility index (Phi) is 6.85. The molecule has 0 heterocycles. The van der Waals surface area contributed by atoms with Crippen LogP contribution in [0.3, 0.4) is 0 Å². The van der Waals surface area contributed by atoms with E-state index in [4.69, 9.17) is 0 Å². The van der Waals surface area contributed by atoms with Gasteiger partial charge >= 0.3 is 0 Å². The van der Waals surface area contributed by atoms with Crippen LogP contribution in [0.5, 0.6) is 5.75 Å². The van der Waals surface area contributed by atoms with Crippen molar-refractivity contribution in [1.29, 1.82) is 5.26 Å². The molecule has 5 heteroatoms. The summed E-state index contributed by atoms with van der Waals surface area (Å²) < 4.78 is 0. The van der Waals surface area contributed by atoms with Gasteiger partial charge in [0.25, 0.3) is 5.91 Å². The topological polar surface area (TPSA) is 85.2 Å². The molecule has 3 rings (SSSR count). The Morgan fingerprint density at radius 3 is 2.52 bits per heavy atom. The highest BCUT2D eigenvalue weighted by Crippen LogP contribution is 2.29. The SMILES string of the molecule is N#C/C(=C/NCCCCc1ccccc1)C(=O)Nc1cccc2c(O)cccc12. The maximum atomic E-state index is 12.5. The summed E-state index contributed by atoms with van der Waals surface area (Å²) in [6, 6.07) is 22.6. The Bertz CT molecular complexity index is 1050. The minimum Gasteiger partial charge on any atom is -0.507 e. The maximum absolute atomic E-state index is 12.5. The van der Waals surface area contributed by atoms with E-state index in [0.29, 0.717) is 23.0 Å². The van der Waals surface area contributed by atoms with E-state index in [-0.39, 0.29) is 11.3 Å². The van der Waals surface area contributed by atoms with Crippen molar-refractivity contribution in [3.8, 4) is 11.8 Å². The third-order valence-electron chi connectivity index (χ3n) is 4.64. The van der Waals surface area contributed by atoms with Gasteiger partial charge in [-0.1, -0.05) is 54.6 Å². The molecule has 5 nitrogen and oxygen atoms in total. The van der Waals surface area contributed by atoms with Crippen molar-refractivity contribution in [2.75, 3.05) is 11.9 Å². The summed E-state index contributed by atoms with van der Waals surface area (Å²) in [5.41, 5.74) is 1.86. The lowest BCUT2D eigenvalue weighted by Gasteiger charge is -2.09. The van der Waals surface area contributed by atoms with Crippen LogP contribution in [0.2, 0.25) is 0 Å². The van der Waals surface area contributed by atoms with Gasteiger partial charge in [0.05, 0.1) is 0 Å². The van der Waals surface area contributed by atoms with Crippen molar-refractivity contribution in [1.82, 2.24) is 5.32 Å². The number of carbonyl (C=O) groups is 1. The van der Waals surface area contributed by atoms with Gasteiger partial charge in [0.15, 0.2) is 0 Å². The van der Waals surface area contributed by atoms with Gasteiger partial charge in [-0.15, -0.1) is 0 Å². The zero-order chi connectivity index (χ0) is 20.5. The first kappa shape index (κ1) is 20.0. The van der Waals surface area contributed by atoms with Crippen molar-refractivity contribution in [2.45, 2.75) is 19.3 Å². The molecule has 0 aliphatic rings. The molecule has 0 atom stereocenters. The smallest absolute Gasteiger partial charge is 0.267 e. The predicted octanol–water partition coefficient (Wildman–Crippen LogP) is 4.50. The number of hydrogen-bond donors (Lipinski definition) is 3. The van der Waals surface area contributed by atoms with Crippen molar-refractivity contribution in [3.05, 3.63) is 84.1 Å². The van der Waals surface area contributed by atoms with E-state index in [1.165, 1.54) is 11.8 Å². The molecule has 0 saturated carbocycles. The molecule has 0 aliphatic heterocycles. The number of phenolic OH excluding ortho intramolecular Hbond substituents is 1. The van der Waals surface area contributed by atoms with Crippen LogP contribution >= 0.6 is 0 Å². The molecule has 0 unspecified atom stereocenters. The fourth-order valence-corrected chi connectivity index (χ4v) is 3.12. The maximum Gasteiger partial charge on any atom is 0.267 e. The fourth-order valence-electron chi connectivity index (χ4n) is 3.12. The van der Waals surface area contributed by atoms with E-state index in [1.54, 1.807) is 30.3 Å². The Balaban J connectivity index is 1.54. The quantitative estimate of drug-likeness (QED) is 0.303. The highest BCUT2D eigenvalue weighted by atomic mass is 16.3. The average Bonchev–Trinajstić information content (AvgIpc) is 2.74. The summed E-state index contributed by atoms with van der Waals surface area (Å²) in [6.45, 7) is 0.688. The highest BCUT2D eigenvalue weighted by Gasteiger charge is 2.11. The second-order valence-corrected chi connectivity index (χ2v) is 6.70. The van der Waals surface area contributed by atoms with Crippen LogP contribution in [0.1, 0.15) is 18.4 Å². The first-order valence-corrected chi connectivity index (χ1v) is 9.58. The molecular formula is C24H23N3O2. The molecule has 0 fully saturated rings. The molecule has 3 N–H and O–H groups in total.